The molecule has 2 aliphatic rings. The van der Waals surface area contributed by atoms with Gasteiger partial charge in [-0.1, -0.05) is 72.8 Å². The number of carbonyl (C=O) groups is 1. The van der Waals surface area contributed by atoms with Gasteiger partial charge in [-0.15, -0.1) is 0 Å². The van der Waals surface area contributed by atoms with Crippen molar-refractivity contribution in [3.05, 3.63) is 119 Å². The van der Waals surface area contributed by atoms with E-state index >= 15 is 0 Å². The number of methoxy groups -OCH3 is 2. The number of carbonyl (C=O) groups excluding carboxylic acids is 1. The number of hydrogen-bond acceptors (Lipinski definition) is 8. The summed E-state index contributed by atoms with van der Waals surface area (Å²) in [6.07, 6.45) is -1.63. The molecule has 0 bridgehead atoms. The van der Waals surface area contributed by atoms with Gasteiger partial charge in [-0.05, 0) is 28.8 Å². The minimum Gasteiger partial charge on any atom is -0.496 e. The van der Waals surface area contributed by atoms with Crippen LogP contribution in [0.1, 0.15) is 28.2 Å². The zero-order chi connectivity index (χ0) is 30.2. The van der Waals surface area contributed by atoms with Crippen molar-refractivity contribution >= 4 is 5.91 Å². The molecule has 43 heavy (non-hydrogen) atoms. The number of amides is 1. The van der Waals surface area contributed by atoms with Gasteiger partial charge in [0, 0.05) is 18.1 Å². The predicted octanol–water partition coefficient (Wildman–Crippen LogP) is 4.21. The van der Waals surface area contributed by atoms with Crippen molar-refractivity contribution in [3.63, 3.8) is 0 Å². The Kier molecular flexibility index (Phi) is 7.47. The van der Waals surface area contributed by atoms with Gasteiger partial charge in [0.25, 0.3) is 0 Å². The standard InChI is InChI=1S/C34H33NO8/c1-39-25-18-26(40-2)30-27(19-25)43-34(23-14-16-24(17-15-23)42-20-21-10-6-4-7-11-21)29(22-12-8-5-9-13-22)28(32(37)35-41-3)31(36)33(30,34)38/h4-19,28-29,31,36,38H,20H2,1-3H3,(H,35,37)/t28-,29-,31-,33+,34?/m1/s1. The van der Waals surface area contributed by atoms with Gasteiger partial charge in [-0.25, -0.2) is 5.48 Å². The maximum atomic E-state index is 13.6. The van der Waals surface area contributed by atoms with E-state index in [-0.39, 0.29) is 17.1 Å². The normalized spacial score (nSPS) is 25.3. The van der Waals surface area contributed by atoms with E-state index in [9.17, 15) is 15.0 Å². The monoisotopic (exact) mass is 583 g/mol. The first-order valence-electron chi connectivity index (χ1n) is 13.9. The van der Waals surface area contributed by atoms with Crippen molar-refractivity contribution in [3.8, 4) is 23.0 Å². The molecule has 0 saturated heterocycles. The number of benzene rings is 4. The Balaban J connectivity index is 1.55. The summed E-state index contributed by atoms with van der Waals surface area (Å²) in [5, 5.41) is 25.0. The molecule has 1 aliphatic carbocycles. The van der Waals surface area contributed by atoms with Gasteiger partial charge >= 0.3 is 0 Å². The largest absolute Gasteiger partial charge is 0.496 e. The van der Waals surface area contributed by atoms with Crippen molar-refractivity contribution in [2.24, 2.45) is 5.92 Å². The van der Waals surface area contributed by atoms with Crippen LogP contribution >= 0.6 is 0 Å². The van der Waals surface area contributed by atoms with Gasteiger partial charge in [0.1, 0.15) is 35.7 Å². The number of aliphatic hydroxyl groups excluding tert-OH is 1. The first-order chi connectivity index (χ1) is 20.9. The lowest BCUT2D eigenvalue weighted by molar-refractivity contribution is -0.157. The van der Waals surface area contributed by atoms with Crippen LogP contribution in [-0.4, -0.2) is 43.6 Å². The predicted molar refractivity (Wildman–Crippen MR) is 157 cm³/mol. The molecule has 1 fully saturated rings. The second-order valence-corrected chi connectivity index (χ2v) is 10.6. The van der Waals surface area contributed by atoms with Gasteiger partial charge in [-0.2, -0.15) is 0 Å². The maximum absolute atomic E-state index is 13.6. The summed E-state index contributed by atoms with van der Waals surface area (Å²) in [6, 6.07) is 29.4. The molecule has 1 unspecified atom stereocenters. The van der Waals surface area contributed by atoms with Crippen LogP contribution in [0.5, 0.6) is 23.0 Å². The fourth-order valence-corrected chi connectivity index (χ4v) is 6.66. The Bertz CT molecular complexity index is 1600. The van der Waals surface area contributed by atoms with Gasteiger partial charge in [0.2, 0.25) is 5.91 Å². The number of hydrogen-bond donors (Lipinski definition) is 3. The molecule has 1 heterocycles. The van der Waals surface area contributed by atoms with Crippen LogP contribution < -0.4 is 24.4 Å². The third kappa shape index (κ3) is 4.39. The highest BCUT2D eigenvalue weighted by molar-refractivity contribution is 5.82. The number of hydroxylamine groups is 1. The zero-order valence-electron chi connectivity index (χ0n) is 24.0. The van der Waals surface area contributed by atoms with Crippen molar-refractivity contribution in [1.29, 1.82) is 0 Å². The molecule has 1 aliphatic heterocycles. The molecule has 1 amide bonds. The SMILES string of the molecule is CONC(=O)[C@@H]1[C@@H](c2ccccc2)C2(c3ccc(OCc4ccccc4)cc3)Oc3cc(OC)cc(OC)c3[C@]2(O)[C@@H]1O. The number of fused-ring (bicyclic) bond motifs is 3. The number of ether oxygens (including phenoxy) is 4. The average molecular weight is 584 g/mol. The lowest BCUT2D eigenvalue weighted by Gasteiger charge is -2.40. The van der Waals surface area contributed by atoms with Crippen LogP contribution in [0.4, 0.5) is 0 Å². The van der Waals surface area contributed by atoms with Crippen molar-refractivity contribution in [1.82, 2.24) is 5.48 Å². The summed E-state index contributed by atoms with van der Waals surface area (Å²) in [5.74, 6) is -1.09. The maximum Gasteiger partial charge on any atom is 0.250 e. The quantitative estimate of drug-likeness (QED) is 0.251. The molecule has 3 N–H and O–H groups in total. The zero-order valence-corrected chi connectivity index (χ0v) is 24.0. The van der Waals surface area contributed by atoms with Crippen LogP contribution in [0.2, 0.25) is 0 Å². The molecule has 222 valence electrons. The molecule has 1 saturated carbocycles. The Morgan fingerprint density at radius 2 is 1.56 bits per heavy atom. The third-order valence-electron chi connectivity index (χ3n) is 8.47. The van der Waals surface area contributed by atoms with Crippen LogP contribution in [-0.2, 0) is 27.4 Å². The molecule has 4 aromatic carbocycles. The second-order valence-electron chi connectivity index (χ2n) is 10.6. The molecule has 0 spiro atoms. The van der Waals surface area contributed by atoms with Crippen LogP contribution in [0.3, 0.4) is 0 Å². The van der Waals surface area contributed by atoms with Crippen LogP contribution in [0.25, 0.3) is 0 Å². The molecule has 9 nitrogen and oxygen atoms in total. The van der Waals surface area contributed by atoms with Crippen LogP contribution in [0.15, 0.2) is 97.1 Å². The molecule has 0 aromatic heterocycles. The van der Waals surface area contributed by atoms with Crippen LogP contribution in [0, 0.1) is 5.92 Å². The van der Waals surface area contributed by atoms with Gasteiger partial charge in [0.05, 0.1) is 32.8 Å². The summed E-state index contributed by atoms with van der Waals surface area (Å²) >= 11 is 0. The fraction of sp³-hybridized carbons (Fsp3) is 0.265. The molecular formula is C34H33NO8. The van der Waals surface area contributed by atoms with E-state index in [0.717, 1.165) is 5.56 Å². The van der Waals surface area contributed by atoms with Gasteiger partial charge < -0.3 is 29.2 Å². The van der Waals surface area contributed by atoms with Crippen molar-refractivity contribution < 1.29 is 38.8 Å². The first-order valence-corrected chi connectivity index (χ1v) is 13.9. The minimum atomic E-state index is -2.14. The number of rotatable bonds is 9. The molecule has 5 atom stereocenters. The summed E-state index contributed by atoms with van der Waals surface area (Å²) in [5.41, 5.74) is 1.00. The van der Waals surface area contributed by atoms with E-state index in [1.807, 2.05) is 60.7 Å². The van der Waals surface area contributed by atoms with E-state index in [1.165, 1.54) is 21.3 Å². The smallest absolute Gasteiger partial charge is 0.250 e. The summed E-state index contributed by atoms with van der Waals surface area (Å²) < 4.78 is 24.0. The van der Waals surface area contributed by atoms with E-state index in [2.05, 4.69) is 5.48 Å². The lowest BCUT2D eigenvalue weighted by atomic mass is 9.70. The topological polar surface area (TPSA) is 116 Å². The van der Waals surface area contributed by atoms with Crippen molar-refractivity contribution in [2.45, 2.75) is 29.8 Å². The Hall–Kier alpha value is -4.57. The third-order valence-corrected chi connectivity index (χ3v) is 8.47. The fourth-order valence-electron chi connectivity index (χ4n) is 6.66. The average Bonchev–Trinajstić information content (AvgIpc) is 3.43. The molecular weight excluding hydrogens is 550 g/mol. The summed E-state index contributed by atoms with van der Waals surface area (Å²) in [4.78, 5) is 18.6. The molecule has 4 aromatic rings. The molecule has 9 heteroatoms. The van der Waals surface area contributed by atoms with E-state index in [0.29, 0.717) is 29.2 Å². The van der Waals surface area contributed by atoms with E-state index < -0.39 is 35.0 Å². The number of nitrogens with one attached hydrogen (secondary N) is 1. The van der Waals surface area contributed by atoms with Crippen molar-refractivity contribution in [2.75, 3.05) is 21.3 Å². The second kappa shape index (κ2) is 11.3. The molecule has 6 rings (SSSR count). The highest BCUT2D eigenvalue weighted by Gasteiger charge is 2.78. The Morgan fingerprint density at radius 3 is 2.19 bits per heavy atom. The lowest BCUT2D eigenvalue weighted by Crippen LogP contribution is -2.52. The van der Waals surface area contributed by atoms with E-state index in [4.69, 9.17) is 23.8 Å². The van der Waals surface area contributed by atoms with Gasteiger partial charge in [-0.3, -0.25) is 9.63 Å². The number of aliphatic hydroxyl groups is 2. The Labute approximate surface area is 249 Å². The minimum absolute atomic E-state index is 0.223. The Morgan fingerprint density at radius 1 is 0.884 bits per heavy atom. The highest BCUT2D eigenvalue weighted by Crippen LogP contribution is 2.70. The summed E-state index contributed by atoms with van der Waals surface area (Å²) in [7, 11) is 4.29. The van der Waals surface area contributed by atoms with E-state index in [1.54, 1.807) is 36.4 Å². The molecule has 0 radical (unpaired) electrons. The van der Waals surface area contributed by atoms with Gasteiger partial charge in [0.15, 0.2) is 11.2 Å². The summed E-state index contributed by atoms with van der Waals surface area (Å²) in [6.45, 7) is 0.374. The highest BCUT2D eigenvalue weighted by atomic mass is 16.6. The first kappa shape index (κ1) is 28.5.